The van der Waals surface area contributed by atoms with E-state index in [0.717, 1.165) is 35.3 Å². The fourth-order valence-electron chi connectivity index (χ4n) is 3.16. The molecule has 1 aromatic carbocycles. The van der Waals surface area contributed by atoms with E-state index in [-0.39, 0.29) is 5.41 Å². The number of phenolic OH excluding ortho intramolecular Hbond substituents is 1. The lowest BCUT2D eigenvalue weighted by Gasteiger charge is -2.41. The summed E-state index contributed by atoms with van der Waals surface area (Å²) in [6.07, 6.45) is 3.60. The van der Waals surface area contributed by atoms with Crippen molar-refractivity contribution in [2.45, 2.75) is 26.7 Å². The van der Waals surface area contributed by atoms with Crippen LogP contribution in [0.5, 0.6) is 11.5 Å². The van der Waals surface area contributed by atoms with E-state index in [1.54, 1.807) is 13.2 Å². The maximum atomic E-state index is 10.1. The lowest BCUT2D eigenvalue weighted by Crippen LogP contribution is -2.34. The van der Waals surface area contributed by atoms with Crippen molar-refractivity contribution in [3.63, 3.8) is 0 Å². The summed E-state index contributed by atoms with van der Waals surface area (Å²) in [5, 5.41) is 10.1. The van der Waals surface area contributed by atoms with Gasteiger partial charge in [-0.25, -0.2) is 0 Å². The Morgan fingerprint density at radius 3 is 2.68 bits per heavy atom. The van der Waals surface area contributed by atoms with Gasteiger partial charge in [-0.1, -0.05) is 25.2 Å². The van der Waals surface area contributed by atoms with Crippen LogP contribution in [0, 0.1) is 11.3 Å². The minimum atomic E-state index is -0.0668. The van der Waals surface area contributed by atoms with Gasteiger partial charge in [-0.15, -0.1) is 6.58 Å². The third-order valence-electron chi connectivity index (χ3n) is 4.41. The fraction of sp³-hybridized carbons (Fsp3) is 0.412. The highest BCUT2D eigenvalue weighted by atomic mass is 16.5. The van der Waals surface area contributed by atoms with Gasteiger partial charge < -0.3 is 9.84 Å². The number of hydrogen-bond donors (Lipinski definition) is 1. The molecule has 1 aromatic rings. The van der Waals surface area contributed by atoms with Gasteiger partial charge in [0.15, 0.2) is 0 Å². The Kier molecular flexibility index (Phi) is 3.44. The monoisotopic (exact) mass is 258 g/mol. The fourth-order valence-corrected chi connectivity index (χ4v) is 3.16. The second-order valence-corrected chi connectivity index (χ2v) is 5.73. The number of hydrogen-bond acceptors (Lipinski definition) is 2. The summed E-state index contributed by atoms with van der Waals surface area (Å²) in [4.78, 5) is 0. The van der Waals surface area contributed by atoms with Crippen LogP contribution >= 0.6 is 0 Å². The topological polar surface area (TPSA) is 29.5 Å². The molecule has 19 heavy (non-hydrogen) atoms. The average Bonchev–Trinajstić information content (AvgIpc) is 2.39. The molecule has 0 heterocycles. The average molecular weight is 258 g/mol. The van der Waals surface area contributed by atoms with Crippen LogP contribution in [0.25, 0.3) is 0 Å². The molecule has 2 rings (SSSR count). The Labute approximate surface area is 115 Å². The minimum absolute atomic E-state index is 0.0668. The van der Waals surface area contributed by atoms with E-state index in [4.69, 9.17) is 4.74 Å². The molecule has 2 heteroatoms. The molecule has 0 saturated carbocycles. The highest BCUT2D eigenvalue weighted by Gasteiger charge is 2.39. The van der Waals surface area contributed by atoms with Gasteiger partial charge in [0.25, 0.3) is 0 Å². The van der Waals surface area contributed by atoms with Crippen LogP contribution in [0.2, 0.25) is 0 Å². The zero-order valence-electron chi connectivity index (χ0n) is 12.0. The zero-order chi connectivity index (χ0) is 14.2. The Balaban J connectivity index is 2.59. The lowest BCUT2D eigenvalue weighted by molar-refractivity contribution is 0.262. The van der Waals surface area contributed by atoms with E-state index in [0.29, 0.717) is 11.7 Å². The van der Waals surface area contributed by atoms with Crippen LogP contribution in [-0.4, -0.2) is 12.2 Å². The summed E-state index contributed by atoms with van der Waals surface area (Å²) < 4.78 is 5.43. The molecule has 0 fully saturated rings. The summed E-state index contributed by atoms with van der Waals surface area (Å²) in [6.45, 7) is 12.3. The van der Waals surface area contributed by atoms with Crippen molar-refractivity contribution in [3.8, 4) is 11.5 Å². The van der Waals surface area contributed by atoms with Crippen LogP contribution in [-0.2, 0) is 12.8 Å². The third-order valence-corrected chi connectivity index (χ3v) is 4.41. The van der Waals surface area contributed by atoms with Gasteiger partial charge in [0, 0.05) is 11.1 Å². The molecular weight excluding hydrogens is 236 g/mol. The molecule has 1 aliphatic rings. The van der Waals surface area contributed by atoms with Gasteiger partial charge in [-0.2, -0.15) is 0 Å². The molecule has 0 aliphatic heterocycles. The SMILES string of the molecule is C=C[C@]1(C)Cc2c(O)ccc(OC)c2C[C@@H]1C(=C)C. The van der Waals surface area contributed by atoms with Crippen LogP contribution < -0.4 is 4.74 Å². The molecule has 1 aliphatic carbocycles. The summed E-state index contributed by atoms with van der Waals surface area (Å²) in [5.41, 5.74) is 3.18. The molecule has 1 N–H and O–H groups in total. The van der Waals surface area contributed by atoms with Crippen molar-refractivity contribution in [2.75, 3.05) is 7.11 Å². The van der Waals surface area contributed by atoms with E-state index >= 15 is 0 Å². The van der Waals surface area contributed by atoms with Crippen LogP contribution in [0.4, 0.5) is 0 Å². The van der Waals surface area contributed by atoms with E-state index < -0.39 is 0 Å². The molecule has 0 saturated heterocycles. The van der Waals surface area contributed by atoms with Crippen molar-refractivity contribution >= 4 is 0 Å². The summed E-state index contributed by atoms with van der Waals surface area (Å²) in [7, 11) is 1.67. The maximum absolute atomic E-state index is 10.1. The largest absolute Gasteiger partial charge is 0.508 e. The number of aromatic hydroxyl groups is 1. The van der Waals surface area contributed by atoms with Crippen molar-refractivity contribution in [3.05, 3.63) is 48.1 Å². The van der Waals surface area contributed by atoms with Crippen LogP contribution in [0.15, 0.2) is 36.9 Å². The van der Waals surface area contributed by atoms with Crippen molar-refractivity contribution in [1.29, 1.82) is 0 Å². The van der Waals surface area contributed by atoms with Gasteiger partial charge in [-0.05, 0) is 43.2 Å². The molecule has 0 bridgehead atoms. The Bertz CT molecular complexity index is 530. The molecule has 2 nitrogen and oxygen atoms in total. The molecule has 2 atom stereocenters. The number of allylic oxidation sites excluding steroid dienone is 2. The van der Waals surface area contributed by atoms with Crippen molar-refractivity contribution in [2.24, 2.45) is 11.3 Å². The number of phenols is 1. The predicted molar refractivity (Wildman–Crippen MR) is 78.7 cm³/mol. The highest BCUT2D eigenvalue weighted by Crippen LogP contribution is 2.48. The molecule has 102 valence electrons. The molecule has 0 aromatic heterocycles. The predicted octanol–water partition coefficient (Wildman–Crippen LogP) is 3.88. The standard InChI is InChI=1S/C17H22O2/c1-6-17(4)10-13-12(9-14(17)11(2)3)16(19-5)8-7-15(13)18/h6-8,14,18H,1-2,9-10H2,3-5H3/t14-,17-/m1/s1. The number of fused-ring (bicyclic) bond motifs is 1. The Morgan fingerprint density at radius 1 is 1.47 bits per heavy atom. The Morgan fingerprint density at radius 2 is 2.16 bits per heavy atom. The number of ether oxygens (including phenoxy) is 1. The summed E-state index contributed by atoms with van der Waals surface area (Å²) >= 11 is 0. The molecule has 0 amide bonds. The number of rotatable bonds is 3. The Hall–Kier alpha value is -1.70. The smallest absolute Gasteiger partial charge is 0.122 e. The lowest BCUT2D eigenvalue weighted by atomic mass is 9.63. The van der Waals surface area contributed by atoms with Gasteiger partial charge in [0.1, 0.15) is 11.5 Å². The second kappa shape index (κ2) is 4.76. The van der Waals surface area contributed by atoms with E-state index in [2.05, 4.69) is 27.0 Å². The molecular formula is C17H22O2. The van der Waals surface area contributed by atoms with Gasteiger partial charge >= 0.3 is 0 Å². The minimum Gasteiger partial charge on any atom is -0.508 e. The van der Waals surface area contributed by atoms with Crippen LogP contribution in [0.1, 0.15) is 25.0 Å². The highest BCUT2D eigenvalue weighted by molar-refractivity contribution is 5.51. The van der Waals surface area contributed by atoms with Crippen LogP contribution in [0.3, 0.4) is 0 Å². The number of benzene rings is 1. The third kappa shape index (κ3) is 2.16. The molecule has 0 radical (unpaired) electrons. The van der Waals surface area contributed by atoms with E-state index in [1.165, 1.54) is 0 Å². The normalized spacial score (nSPS) is 25.5. The first-order valence-corrected chi connectivity index (χ1v) is 6.59. The van der Waals surface area contributed by atoms with Crippen molar-refractivity contribution < 1.29 is 9.84 Å². The first-order chi connectivity index (χ1) is 8.92. The zero-order valence-corrected chi connectivity index (χ0v) is 12.0. The first-order valence-electron chi connectivity index (χ1n) is 6.59. The second-order valence-electron chi connectivity index (χ2n) is 5.73. The maximum Gasteiger partial charge on any atom is 0.122 e. The van der Waals surface area contributed by atoms with Gasteiger partial charge in [0.2, 0.25) is 0 Å². The van der Waals surface area contributed by atoms with E-state index in [9.17, 15) is 5.11 Å². The summed E-state index contributed by atoms with van der Waals surface area (Å²) in [6, 6.07) is 3.54. The first kappa shape index (κ1) is 13.7. The number of methoxy groups -OCH3 is 1. The molecule has 0 spiro atoms. The molecule has 0 unspecified atom stereocenters. The quantitative estimate of drug-likeness (QED) is 0.834. The summed E-state index contributed by atoms with van der Waals surface area (Å²) in [5.74, 6) is 1.53. The van der Waals surface area contributed by atoms with Gasteiger partial charge in [0.05, 0.1) is 7.11 Å². The van der Waals surface area contributed by atoms with Gasteiger partial charge in [-0.3, -0.25) is 0 Å². The van der Waals surface area contributed by atoms with E-state index in [1.807, 2.05) is 12.1 Å². The van der Waals surface area contributed by atoms with Crippen molar-refractivity contribution in [1.82, 2.24) is 0 Å².